The molecule has 0 saturated carbocycles. The molecule has 2 aromatic carbocycles. The van der Waals surface area contributed by atoms with E-state index in [0.717, 1.165) is 11.3 Å². The van der Waals surface area contributed by atoms with Crippen LogP contribution >= 0.6 is 22.9 Å². The average Bonchev–Trinajstić information content (AvgIpc) is 3.27. The number of thiophene rings is 1. The molecule has 0 fully saturated rings. The lowest BCUT2D eigenvalue weighted by Crippen LogP contribution is -2.25. The normalized spacial score (nSPS) is 11.0. The molecule has 0 aliphatic carbocycles. The van der Waals surface area contributed by atoms with Crippen LogP contribution in [0.5, 0.6) is 0 Å². The van der Waals surface area contributed by atoms with Crippen LogP contribution in [0.15, 0.2) is 60.9 Å². The molecule has 0 atom stereocenters. The number of rotatable bonds is 5. The highest BCUT2D eigenvalue weighted by molar-refractivity contribution is 7.21. The van der Waals surface area contributed by atoms with Crippen LogP contribution in [-0.2, 0) is 6.42 Å². The topological polar surface area (TPSA) is 46.9 Å². The molecule has 1 amide bonds. The van der Waals surface area contributed by atoms with E-state index < -0.39 is 0 Å². The molecule has 0 radical (unpaired) electrons. The first-order valence-electron chi connectivity index (χ1n) is 8.36. The molecule has 0 unspecified atom stereocenters. The van der Waals surface area contributed by atoms with Gasteiger partial charge in [-0.25, -0.2) is 9.07 Å². The molecule has 7 heteroatoms. The first-order chi connectivity index (χ1) is 13.1. The van der Waals surface area contributed by atoms with Crippen LogP contribution in [0.4, 0.5) is 4.39 Å². The number of nitrogens with one attached hydrogen (secondary N) is 1. The lowest BCUT2D eigenvalue weighted by molar-refractivity contribution is 0.0958. The third-order valence-corrected chi connectivity index (χ3v) is 5.81. The Morgan fingerprint density at radius 3 is 2.85 bits per heavy atom. The number of aromatic nitrogens is 2. The molecule has 4 nitrogen and oxygen atoms in total. The smallest absolute Gasteiger partial charge is 0.262 e. The maximum Gasteiger partial charge on any atom is 0.262 e. The SMILES string of the molecule is O=C(NCCc1cnn(-c2ccccc2)c1)c1sc2cc(F)ccc2c1Cl. The molecule has 27 heavy (non-hydrogen) atoms. The van der Waals surface area contributed by atoms with Gasteiger partial charge in [0.15, 0.2) is 0 Å². The Labute approximate surface area is 164 Å². The summed E-state index contributed by atoms with van der Waals surface area (Å²) in [5, 5.41) is 8.27. The summed E-state index contributed by atoms with van der Waals surface area (Å²) in [7, 11) is 0. The van der Waals surface area contributed by atoms with Crippen LogP contribution in [0, 0.1) is 5.82 Å². The van der Waals surface area contributed by atoms with E-state index in [1.807, 2.05) is 36.5 Å². The van der Waals surface area contributed by atoms with Crippen LogP contribution in [-0.4, -0.2) is 22.2 Å². The summed E-state index contributed by atoms with van der Waals surface area (Å²) in [5.41, 5.74) is 2.00. The molecule has 4 aromatic rings. The number of fused-ring (bicyclic) bond motifs is 1. The van der Waals surface area contributed by atoms with Gasteiger partial charge in [0.2, 0.25) is 0 Å². The van der Waals surface area contributed by atoms with Gasteiger partial charge in [-0.15, -0.1) is 11.3 Å². The number of hydrogen-bond donors (Lipinski definition) is 1. The van der Waals surface area contributed by atoms with E-state index >= 15 is 0 Å². The zero-order valence-corrected chi connectivity index (χ0v) is 15.7. The summed E-state index contributed by atoms with van der Waals surface area (Å²) in [5.74, 6) is -0.597. The van der Waals surface area contributed by atoms with Crippen molar-refractivity contribution in [2.24, 2.45) is 0 Å². The fourth-order valence-corrected chi connectivity index (χ4v) is 4.26. The summed E-state index contributed by atoms with van der Waals surface area (Å²) >= 11 is 7.48. The van der Waals surface area contributed by atoms with E-state index in [1.54, 1.807) is 16.9 Å². The predicted octanol–water partition coefficient (Wildman–Crippen LogP) is 4.85. The summed E-state index contributed by atoms with van der Waals surface area (Å²) < 4.78 is 15.8. The van der Waals surface area contributed by atoms with E-state index in [0.29, 0.717) is 33.0 Å². The molecule has 0 saturated heterocycles. The molecular weight excluding hydrogens is 385 g/mol. The van der Waals surface area contributed by atoms with Crippen molar-refractivity contribution in [3.8, 4) is 5.69 Å². The maximum absolute atomic E-state index is 13.3. The van der Waals surface area contributed by atoms with Gasteiger partial charge in [-0.1, -0.05) is 29.8 Å². The van der Waals surface area contributed by atoms with Crippen molar-refractivity contribution in [3.05, 3.63) is 82.2 Å². The van der Waals surface area contributed by atoms with Crippen molar-refractivity contribution in [3.63, 3.8) is 0 Å². The summed E-state index contributed by atoms with van der Waals surface area (Å²) in [6.07, 6.45) is 4.38. The quantitative estimate of drug-likeness (QED) is 0.521. The molecule has 0 aliphatic heterocycles. The van der Waals surface area contributed by atoms with E-state index in [4.69, 9.17) is 11.6 Å². The Bertz CT molecular complexity index is 1110. The molecular formula is C20H15ClFN3OS. The highest BCUT2D eigenvalue weighted by Gasteiger charge is 2.17. The Morgan fingerprint density at radius 2 is 2.04 bits per heavy atom. The summed E-state index contributed by atoms with van der Waals surface area (Å²) in [6.45, 7) is 0.457. The van der Waals surface area contributed by atoms with E-state index in [1.165, 1.54) is 23.5 Å². The Hall–Kier alpha value is -2.70. The van der Waals surface area contributed by atoms with Crippen LogP contribution in [0.1, 0.15) is 15.2 Å². The largest absolute Gasteiger partial charge is 0.351 e. The highest BCUT2D eigenvalue weighted by atomic mass is 35.5. The van der Waals surface area contributed by atoms with Crippen LogP contribution in [0.25, 0.3) is 15.8 Å². The lowest BCUT2D eigenvalue weighted by atomic mass is 10.2. The second kappa shape index (κ2) is 7.50. The van der Waals surface area contributed by atoms with Gasteiger partial charge < -0.3 is 5.32 Å². The Kier molecular flexibility index (Phi) is 4.92. The first-order valence-corrected chi connectivity index (χ1v) is 9.56. The number of carbonyl (C=O) groups excluding carboxylic acids is 1. The standard InChI is InChI=1S/C20H15ClFN3OS/c21-18-16-7-6-14(22)10-17(16)27-19(18)20(26)23-9-8-13-11-24-25(12-13)15-4-2-1-3-5-15/h1-7,10-12H,8-9H2,(H,23,26). The van der Waals surface area contributed by atoms with Crippen molar-refractivity contribution in [1.82, 2.24) is 15.1 Å². The van der Waals surface area contributed by atoms with Gasteiger partial charge >= 0.3 is 0 Å². The fraction of sp³-hybridized carbons (Fsp3) is 0.100. The summed E-state index contributed by atoms with van der Waals surface area (Å²) in [6, 6.07) is 14.1. The zero-order valence-electron chi connectivity index (χ0n) is 14.2. The van der Waals surface area contributed by atoms with Gasteiger partial charge in [0.1, 0.15) is 10.7 Å². The van der Waals surface area contributed by atoms with Crippen LogP contribution in [0.3, 0.4) is 0 Å². The number of halogens is 2. The minimum Gasteiger partial charge on any atom is -0.351 e. The monoisotopic (exact) mass is 399 g/mol. The third-order valence-electron chi connectivity index (χ3n) is 4.15. The molecule has 0 spiro atoms. The Morgan fingerprint density at radius 1 is 1.22 bits per heavy atom. The second-order valence-electron chi connectivity index (χ2n) is 6.02. The molecule has 1 N–H and O–H groups in total. The third kappa shape index (κ3) is 3.72. The van der Waals surface area contributed by atoms with Gasteiger partial charge in [-0.05, 0) is 42.3 Å². The molecule has 4 rings (SSSR count). The lowest BCUT2D eigenvalue weighted by Gasteiger charge is -2.03. The molecule has 0 bridgehead atoms. The number of benzene rings is 2. The minimum atomic E-state index is -0.345. The molecule has 0 aliphatic rings. The Balaban J connectivity index is 1.40. The van der Waals surface area contributed by atoms with E-state index in [2.05, 4.69) is 10.4 Å². The van der Waals surface area contributed by atoms with Gasteiger partial charge in [0.25, 0.3) is 5.91 Å². The van der Waals surface area contributed by atoms with Crippen LogP contribution < -0.4 is 5.32 Å². The van der Waals surface area contributed by atoms with E-state index in [9.17, 15) is 9.18 Å². The van der Waals surface area contributed by atoms with Crippen LogP contribution in [0.2, 0.25) is 5.02 Å². The number of amides is 1. The number of nitrogens with zero attached hydrogens (tertiary/aromatic N) is 2. The van der Waals surface area contributed by atoms with Crippen molar-refractivity contribution in [2.45, 2.75) is 6.42 Å². The predicted molar refractivity (Wildman–Crippen MR) is 106 cm³/mol. The second-order valence-corrected chi connectivity index (χ2v) is 7.45. The first kappa shape index (κ1) is 17.7. The van der Waals surface area contributed by atoms with Crippen molar-refractivity contribution in [1.29, 1.82) is 0 Å². The van der Waals surface area contributed by atoms with Gasteiger partial charge in [0, 0.05) is 22.8 Å². The highest BCUT2D eigenvalue weighted by Crippen LogP contribution is 2.35. The minimum absolute atomic E-state index is 0.253. The van der Waals surface area contributed by atoms with Crippen molar-refractivity contribution in [2.75, 3.05) is 6.54 Å². The molecule has 136 valence electrons. The number of para-hydroxylation sites is 1. The number of carbonyl (C=O) groups is 1. The van der Waals surface area contributed by atoms with E-state index in [-0.39, 0.29) is 11.7 Å². The average molecular weight is 400 g/mol. The van der Waals surface area contributed by atoms with Gasteiger partial charge in [-0.2, -0.15) is 5.10 Å². The van der Waals surface area contributed by atoms with Gasteiger partial charge in [0.05, 0.1) is 16.9 Å². The van der Waals surface area contributed by atoms with Crippen molar-refractivity contribution >= 4 is 38.9 Å². The number of hydrogen-bond acceptors (Lipinski definition) is 3. The maximum atomic E-state index is 13.3. The fourth-order valence-electron chi connectivity index (χ4n) is 2.80. The van der Waals surface area contributed by atoms with Crippen molar-refractivity contribution < 1.29 is 9.18 Å². The van der Waals surface area contributed by atoms with Gasteiger partial charge in [-0.3, -0.25) is 4.79 Å². The summed E-state index contributed by atoms with van der Waals surface area (Å²) in [4.78, 5) is 12.8. The molecule has 2 heterocycles. The zero-order chi connectivity index (χ0) is 18.8. The molecule has 2 aromatic heterocycles.